The summed E-state index contributed by atoms with van der Waals surface area (Å²) >= 11 is 0. The summed E-state index contributed by atoms with van der Waals surface area (Å²) in [5.74, 6) is 0. The normalized spacial score (nSPS) is 22.3. The second-order valence-electron chi connectivity index (χ2n) is 5.73. The second kappa shape index (κ2) is 3.01. The third-order valence-corrected chi connectivity index (χ3v) is 2.78. The van der Waals surface area contributed by atoms with E-state index < -0.39 is 0 Å². The van der Waals surface area contributed by atoms with Crippen molar-refractivity contribution >= 4 is 0 Å². The van der Waals surface area contributed by atoms with Crippen molar-refractivity contribution in [2.75, 3.05) is 0 Å². The van der Waals surface area contributed by atoms with E-state index >= 15 is 0 Å². The monoisotopic (exact) mass is 178 g/mol. The molecule has 0 fully saturated rings. The number of hydrogen-bond acceptors (Lipinski definition) is 0. The Hall–Kier alpha value is -0.520. The highest BCUT2D eigenvalue weighted by atomic mass is 14.4. The first-order chi connectivity index (χ1) is 5.75. The van der Waals surface area contributed by atoms with Gasteiger partial charge in [0, 0.05) is 5.41 Å². The van der Waals surface area contributed by atoms with E-state index in [1.54, 1.807) is 11.1 Å². The van der Waals surface area contributed by atoms with Crippen molar-refractivity contribution in [2.45, 2.75) is 48.0 Å². The van der Waals surface area contributed by atoms with E-state index in [1.165, 1.54) is 0 Å². The Morgan fingerprint density at radius 2 is 1.77 bits per heavy atom. The molecule has 0 aromatic rings. The standard InChI is InChI=1S/C13H22/c1-10-8-7-9-13(5,6)11(10)12(2,3)4/h7,9H,8H2,1-6H3. The lowest BCUT2D eigenvalue weighted by Crippen LogP contribution is -2.26. The Morgan fingerprint density at radius 3 is 2.08 bits per heavy atom. The van der Waals surface area contributed by atoms with E-state index in [0.29, 0.717) is 5.41 Å². The summed E-state index contributed by atoms with van der Waals surface area (Å²) in [6.45, 7) is 13.8. The molecule has 0 N–H and O–H groups in total. The van der Waals surface area contributed by atoms with E-state index in [9.17, 15) is 0 Å². The Kier molecular flexibility index (Phi) is 2.44. The maximum Gasteiger partial charge on any atom is 0.00422 e. The summed E-state index contributed by atoms with van der Waals surface area (Å²) in [5, 5.41) is 0. The average molecular weight is 178 g/mol. The molecule has 0 heteroatoms. The van der Waals surface area contributed by atoms with Gasteiger partial charge in [0.25, 0.3) is 0 Å². The molecule has 1 aliphatic rings. The van der Waals surface area contributed by atoms with Crippen molar-refractivity contribution in [3.63, 3.8) is 0 Å². The Balaban J connectivity index is 3.17. The molecule has 74 valence electrons. The van der Waals surface area contributed by atoms with Crippen LogP contribution >= 0.6 is 0 Å². The molecule has 1 aliphatic carbocycles. The van der Waals surface area contributed by atoms with Crippen LogP contribution in [0, 0.1) is 10.8 Å². The lowest BCUT2D eigenvalue weighted by atomic mass is 9.66. The summed E-state index contributed by atoms with van der Waals surface area (Å²) in [4.78, 5) is 0. The highest BCUT2D eigenvalue weighted by Gasteiger charge is 2.32. The largest absolute Gasteiger partial charge is 0.0836 e. The van der Waals surface area contributed by atoms with E-state index in [2.05, 4.69) is 53.7 Å². The molecular formula is C13H22. The smallest absolute Gasteiger partial charge is 0.00422 e. The fourth-order valence-corrected chi connectivity index (χ4v) is 2.87. The molecule has 0 spiro atoms. The zero-order valence-electron chi connectivity index (χ0n) is 9.86. The quantitative estimate of drug-likeness (QED) is 0.484. The van der Waals surface area contributed by atoms with Crippen LogP contribution in [-0.4, -0.2) is 0 Å². The van der Waals surface area contributed by atoms with Gasteiger partial charge in [-0.25, -0.2) is 0 Å². The van der Waals surface area contributed by atoms with Crippen LogP contribution in [0.2, 0.25) is 0 Å². The van der Waals surface area contributed by atoms with Crippen molar-refractivity contribution < 1.29 is 0 Å². The van der Waals surface area contributed by atoms with Gasteiger partial charge in [-0.2, -0.15) is 0 Å². The van der Waals surface area contributed by atoms with Crippen molar-refractivity contribution in [1.29, 1.82) is 0 Å². The molecule has 0 bridgehead atoms. The summed E-state index contributed by atoms with van der Waals surface area (Å²) in [6.07, 6.45) is 5.78. The van der Waals surface area contributed by atoms with Crippen LogP contribution in [0.25, 0.3) is 0 Å². The minimum Gasteiger partial charge on any atom is -0.0836 e. The highest BCUT2D eigenvalue weighted by molar-refractivity contribution is 5.34. The van der Waals surface area contributed by atoms with Crippen molar-refractivity contribution in [1.82, 2.24) is 0 Å². The summed E-state index contributed by atoms with van der Waals surface area (Å²) in [6, 6.07) is 0. The van der Waals surface area contributed by atoms with Crippen molar-refractivity contribution in [3.8, 4) is 0 Å². The predicted molar refractivity (Wildman–Crippen MR) is 59.7 cm³/mol. The van der Waals surface area contributed by atoms with E-state index in [4.69, 9.17) is 0 Å². The van der Waals surface area contributed by atoms with Crippen molar-refractivity contribution in [2.24, 2.45) is 10.8 Å². The van der Waals surface area contributed by atoms with Gasteiger partial charge in [-0.05, 0) is 18.8 Å². The molecule has 0 radical (unpaired) electrons. The molecular weight excluding hydrogens is 156 g/mol. The molecule has 0 amide bonds. The van der Waals surface area contributed by atoms with Gasteiger partial charge in [-0.3, -0.25) is 0 Å². The summed E-state index contributed by atoms with van der Waals surface area (Å²) < 4.78 is 0. The Bertz CT molecular complexity index is 256. The van der Waals surface area contributed by atoms with Crippen LogP contribution in [0.5, 0.6) is 0 Å². The van der Waals surface area contributed by atoms with Crippen LogP contribution in [0.4, 0.5) is 0 Å². The lowest BCUT2D eigenvalue weighted by Gasteiger charge is -2.38. The van der Waals surface area contributed by atoms with E-state index in [-0.39, 0.29) is 5.41 Å². The SMILES string of the molecule is CC1=C(C(C)(C)C)C(C)(C)C=CC1. The zero-order chi connectivity index (χ0) is 10.3. The van der Waals surface area contributed by atoms with Crippen LogP contribution in [0.3, 0.4) is 0 Å². The van der Waals surface area contributed by atoms with Crippen LogP contribution < -0.4 is 0 Å². The fraction of sp³-hybridized carbons (Fsp3) is 0.692. The minimum absolute atomic E-state index is 0.251. The molecule has 0 aromatic heterocycles. The van der Waals surface area contributed by atoms with E-state index in [1.807, 2.05) is 0 Å². The fourth-order valence-electron chi connectivity index (χ4n) is 2.87. The molecule has 0 atom stereocenters. The molecule has 0 heterocycles. The van der Waals surface area contributed by atoms with Crippen LogP contribution in [-0.2, 0) is 0 Å². The van der Waals surface area contributed by atoms with Gasteiger partial charge in [-0.1, -0.05) is 57.9 Å². The molecule has 13 heavy (non-hydrogen) atoms. The molecule has 0 nitrogen and oxygen atoms in total. The highest BCUT2D eigenvalue weighted by Crippen LogP contribution is 2.45. The summed E-state index contributed by atoms with van der Waals surface area (Å²) in [5.41, 5.74) is 3.72. The van der Waals surface area contributed by atoms with Gasteiger partial charge in [0.2, 0.25) is 0 Å². The van der Waals surface area contributed by atoms with Gasteiger partial charge in [0.05, 0.1) is 0 Å². The van der Waals surface area contributed by atoms with Crippen LogP contribution in [0.1, 0.15) is 48.0 Å². The average Bonchev–Trinajstić information content (AvgIpc) is 1.79. The predicted octanol–water partition coefficient (Wildman–Crippen LogP) is 4.34. The van der Waals surface area contributed by atoms with Gasteiger partial charge >= 0.3 is 0 Å². The van der Waals surface area contributed by atoms with E-state index in [0.717, 1.165) is 6.42 Å². The topological polar surface area (TPSA) is 0 Å². The first-order valence-electron chi connectivity index (χ1n) is 5.13. The van der Waals surface area contributed by atoms with Gasteiger partial charge in [0.15, 0.2) is 0 Å². The Labute approximate surface area is 82.7 Å². The molecule has 0 aromatic carbocycles. The third kappa shape index (κ3) is 2.04. The molecule has 0 unspecified atom stereocenters. The zero-order valence-corrected chi connectivity index (χ0v) is 9.86. The van der Waals surface area contributed by atoms with Crippen LogP contribution in [0.15, 0.2) is 23.3 Å². The third-order valence-electron chi connectivity index (χ3n) is 2.78. The first kappa shape index (κ1) is 10.6. The molecule has 0 saturated heterocycles. The number of allylic oxidation sites excluding steroid dienone is 4. The van der Waals surface area contributed by atoms with Gasteiger partial charge < -0.3 is 0 Å². The lowest BCUT2D eigenvalue weighted by molar-refractivity contribution is 0.381. The minimum atomic E-state index is 0.251. The number of rotatable bonds is 0. The maximum atomic E-state index is 2.35. The van der Waals surface area contributed by atoms with Crippen molar-refractivity contribution in [3.05, 3.63) is 23.3 Å². The molecule has 1 rings (SSSR count). The molecule has 0 aliphatic heterocycles. The van der Waals surface area contributed by atoms with Gasteiger partial charge in [0.1, 0.15) is 0 Å². The number of hydrogen-bond donors (Lipinski definition) is 0. The maximum absolute atomic E-state index is 2.35. The van der Waals surface area contributed by atoms with Gasteiger partial charge in [-0.15, -0.1) is 0 Å². The first-order valence-corrected chi connectivity index (χ1v) is 5.13. The Morgan fingerprint density at radius 1 is 1.23 bits per heavy atom. The molecule has 0 saturated carbocycles. The second-order valence-corrected chi connectivity index (χ2v) is 5.73. The summed E-state index contributed by atoms with van der Waals surface area (Å²) in [7, 11) is 0.